The molecule has 2 N–H and O–H groups in total. The number of aliphatic hydroxyl groups excluding tert-OH is 1. The summed E-state index contributed by atoms with van der Waals surface area (Å²) in [5.41, 5.74) is 1.52. The molecule has 1 fully saturated rings. The zero-order valence-corrected chi connectivity index (χ0v) is 22.9. The molecule has 1 aromatic carbocycles. The van der Waals surface area contributed by atoms with E-state index >= 15 is 0 Å². The molecule has 2 heterocycles. The summed E-state index contributed by atoms with van der Waals surface area (Å²) in [6.07, 6.45) is 7.85. The fourth-order valence-electron chi connectivity index (χ4n) is 3.94. The third-order valence-corrected chi connectivity index (χ3v) is 7.06. The lowest BCUT2D eigenvalue weighted by Gasteiger charge is -2.29. The minimum absolute atomic E-state index is 0.0373. The number of benzene rings is 1. The van der Waals surface area contributed by atoms with Gasteiger partial charge < -0.3 is 15.3 Å². The maximum absolute atomic E-state index is 12.5. The van der Waals surface area contributed by atoms with Crippen molar-refractivity contribution in [2.45, 2.75) is 58.9 Å². The number of amides is 1. The quantitative estimate of drug-likeness (QED) is 0.399. The van der Waals surface area contributed by atoms with Crippen molar-refractivity contribution in [1.29, 1.82) is 5.26 Å². The molecule has 0 unspecified atom stereocenters. The number of hydrogen-bond donors (Lipinski definition) is 2. The third-order valence-electron chi connectivity index (χ3n) is 5.98. The molecule has 192 valence electrons. The molecule has 6 heteroatoms. The number of thiophene rings is 1. The fourth-order valence-corrected chi connectivity index (χ4v) is 4.89. The van der Waals surface area contributed by atoms with Crippen molar-refractivity contribution < 1.29 is 9.90 Å². The molecular formula is C30H39N3O2S. The Balaban J connectivity index is 0.00000222. The average molecular weight is 506 g/mol. The zero-order valence-electron chi connectivity index (χ0n) is 22.1. The van der Waals surface area contributed by atoms with E-state index in [1.807, 2.05) is 45.9 Å². The van der Waals surface area contributed by atoms with Crippen molar-refractivity contribution in [2.24, 2.45) is 0 Å². The molecule has 0 bridgehead atoms. The lowest BCUT2D eigenvalue weighted by molar-refractivity contribution is -0.118. The van der Waals surface area contributed by atoms with E-state index in [2.05, 4.69) is 47.6 Å². The molecule has 1 saturated heterocycles. The number of carbonyl (C=O) groups excluding carboxylic acids is 1. The number of aliphatic hydroxyl groups is 1. The van der Waals surface area contributed by atoms with Gasteiger partial charge in [0.15, 0.2) is 0 Å². The first-order valence-corrected chi connectivity index (χ1v) is 13.4. The second-order valence-electron chi connectivity index (χ2n) is 9.28. The zero-order chi connectivity index (χ0) is 26.7. The van der Waals surface area contributed by atoms with E-state index in [-0.39, 0.29) is 12.2 Å². The highest BCUT2D eigenvalue weighted by molar-refractivity contribution is 7.16. The standard InChI is InChI=1S/C28H33N3O2S.C2H6/c1-20-16-23(9-8-22(20)17-21(2)31-13-6-5-7-14-31)26-11-10-25(34-26)18-24(19-29)27(33)30-28(3,4)12-15-32;1-2/h8-11,16-18,32H,1-2,5-7,12-15H2,3-4H3,(H,30,33);1-2H3/b22-17-,24-18+;. The molecule has 36 heavy (non-hydrogen) atoms. The Hall–Kier alpha value is -3.14. The lowest BCUT2D eigenvalue weighted by atomic mass is 10.0. The number of piperidine rings is 1. The minimum atomic E-state index is -0.592. The van der Waals surface area contributed by atoms with Crippen LogP contribution in [0.15, 0.2) is 48.2 Å². The Morgan fingerprint density at radius 2 is 1.92 bits per heavy atom. The smallest absolute Gasteiger partial charge is 0.262 e. The Morgan fingerprint density at radius 3 is 2.53 bits per heavy atom. The van der Waals surface area contributed by atoms with Crippen molar-refractivity contribution >= 4 is 36.0 Å². The van der Waals surface area contributed by atoms with Crippen LogP contribution < -0.4 is 15.8 Å². The Bertz CT molecular complexity index is 1230. The van der Waals surface area contributed by atoms with E-state index in [9.17, 15) is 10.1 Å². The van der Waals surface area contributed by atoms with E-state index in [0.717, 1.165) is 44.5 Å². The van der Waals surface area contributed by atoms with Crippen LogP contribution >= 0.6 is 11.3 Å². The molecule has 1 amide bonds. The Labute approximate surface area is 219 Å². The second kappa shape index (κ2) is 13.8. The topological polar surface area (TPSA) is 76.4 Å². The van der Waals surface area contributed by atoms with Crippen LogP contribution in [0.3, 0.4) is 0 Å². The number of carbonyl (C=O) groups is 1. The third kappa shape index (κ3) is 8.22. The number of nitrogens with one attached hydrogen (secondary N) is 1. The monoisotopic (exact) mass is 505 g/mol. The molecule has 1 aliphatic rings. The number of nitriles is 1. The maximum atomic E-state index is 12.5. The number of nitrogens with zero attached hydrogens (tertiary/aromatic N) is 2. The molecule has 5 nitrogen and oxygen atoms in total. The first kappa shape index (κ1) is 29.1. The molecule has 1 aromatic heterocycles. The van der Waals surface area contributed by atoms with Gasteiger partial charge in [0.2, 0.25) is 0 Å². The molecular weight excluding hydrogens is 466 g/mol. The van der Waals surface area contributed by atoms with Crippen LogP contribution in [0.5, 0.6) is 0 Å². The van der Waals surface area contributed by atoms with Gasteiger partial charge in [-0.2, -0.15) is 5.26 Å². The molecule has 0 radical (unpaired) electrons. The van der Waals surface area contributed by atoms with Crippen LogP contribution in [0, 0.1) is 11.3 Å². The highest BCUT2D eigenvalue weighted by Crippen LogP contribution is 2.28. The van der Waals surface area contributed by atoms with Gasteiger partial charge in [-0.05, 0) is 85.9 Å². The van der Waals surface area contributed by atoms with Gasteiger partial charge >= 0.3 is 0 Å². The summed E-state index contributed by atoms with van der Waals surface area (Å²) < 4.78 is 0. The summed E-state index contributed by atoms with van der Waals surface area (Å²) in [4.78, 5) is 16.7. The van der Waals surface area contributed by atoms with Crippen molar-refractivity contribution in [3.8, 4) is 16.5 Å². The van der Waals surface area contributed by atoms with Crippen LogP contribution in [-0.4, -0.2) is 41.1 Å². The predicted octanol–water partition coefficient (Wildman–Crippen LogP) is 4.82. The van der Waals surface area contributed by atoms with E-state index in [1.165, 1.54) is 30.6 Å². The molecule has 1 aliphatic heterocycles. The molecule has 0 atom stereocenters. The first-order chi connectivity index (χ1) is 17.2. The number of allylic oxidation sites excluding steroid dienone is 1. The first-order valence-electron chi connectivity index (χ1n) is 12.6. The fraction of sp³-hybridized carbons (Fsp3) is 0.400. The van der Waals surface area contributed by atoms with Gasteiger partial charge in [-0.15, -0.1) is 11.3 Å². The van der Waals surface area contributed by atoms with Crippen molar-refractivity contribution in [3.05, 3.63) is 63.5 Å². The van der Waals surface area contributed by atoms with Gasteiger partial charge in [0, 0.05) is 40.7 Å². The van der Waals surface area contributed by atoms with Gasteiger partial charge in [0.25, 0.3) is 5.91 Å². The van der Waals surface area contributed by atoms with Crippen molar-refractivity contribution in [3.63, 3.8) is 0 Å². The van der Waals surface area contributed by atoms with E-state index in [0.29, 0.717) is 6.42 Å². The molecule has 0 saturated carbocycles. The molecule has 3 rings (SSSR count). The van der Waals surface area contributed by atoms with Crippen LogP contribution in [-0.2, 0) is 4.79 Å². The average Bonchev–Trinajstić information content (AvgIpc) is 3.33. The van der Waals surface area contributed by atoms with E-state index in [1.54, 1.807) is 6.08 Å². The van der Waals surface area contributed by atoms with E-state index in [4.69, 9.17) is 5.11 Å². The van der Waals surface area contributed by atoms with Gasteiger partial charge in [-0.1, -0.05) is 39.1 Å². The summed E-state index contributed by atoms with van der Waals surface area (Å²) in [6, 6.07) is 12.1. The summed E-state index contributed by atoms with van der Waals surface area (Å²) in [6.45, 7) is 18.2. The van der Waals surface area contributed by atoms with Gasteiger partial charge in [-0.25, -0.2) is 0 Å². The highest BCUT2D eigenvalue weighted by atomic mass is 32.1. The summed E-state index contributed by atoms with van der Waals surface area (Å²) in [7, 11) is 0. The Morgan fingerprint density at radius 1 is 1.22 bits per heavy atom. The summed E-state index contributed by atoms with van der Waals surface area (Å²) in [5.74, 6) is -0.440. The van der Waals surface area contributed by atoms with Gasteiger partial charge in [-0.3, -0.25) is 4.79 Å². The largest absolute Gasteiger partial charge is 0.396 e. The van der Waals surface area contributed by atoms with Crippen molar-refractivity contribution in [2.75, 3.05) is 19.7 Å². The normalized spacial score (nSPS) is 14.5. The predicted molar refractivity (Wildman–Crippen MR) is 152 cm³/mol. The van der Waals surface area contributed by atoms with Crippen LogP contribution in [0.25, 0.3) is 29.2 Å². The molecule has 0 aliphatic carbocycles. The second-order valence-corrected chi connectivity index (χ2v) is 10.4. The molecule has 2 aromatic rings. The number of rotatable bonds is 8. The van der Waals surface area contributed by atoms with Crippen LogP contribution in [0.4, 0.5) is 0 Å². The highest BCUT2D eigenvalue weighted by Gasteiger charge is 2.22. The lowest BCUT2D eigenvalue weighted by Crippen LogP contribution is -2.44. The van der Waals surface area contributed by atoms with Crippen molar-refractivity contribution in [1.82, 2.24) is 10.2 Å². The van der Waals surface area contributed by atoms with Crippen LogP contribution in [0.1, 0.15) is 58.3 Å². The van der Waals surface area contributed by atoms with Gasteiger partial charge in [0.05, 0.1) is 0 Å². The summed E-state index contributed by atoms with van der Waals surface area (Å²) >= 11 is 1.52. The maximum Gasteiger partial charge on any atom is 0.262 e. The van der Waals surface area contributed by atoms with E-state index < -0.39 is 11.4 Å². The SMILES string of the molecule is C=C(/C=c1/ccc(-c2ccc(/C=C(\C#N)C(=O)NC(C)(C)CCO)s2)cc1=C)N1CCCCC1.CC. The molecule has 0 spiro atoms. The van der Waals surface area contributed by atoms with Gasteiger partial charge in [0.1, 0.15) is 11.6 Å². The van der Waals surface area contributed by atoms with Crippen LogP contribution in [0.2, 0.25) is 0 Å². The number of likely N-dealkylation sites (tertiary alicyclic amines) is 1. The summed E-state index contributed by atoms with van der Waals surface area (Å²) in [5, 5.41) is 23.5. The minimum Gasteiger partial charge on any atom is -0.396 e. The number of hydrogen-bond acceptors (Lipinski definition) is 5. The Kier molecular flexibility index (Phi) is 11.2.